The molecule has 4 heteroatoms. The number of halogens is 2. The number of anilines is 1. The summed E-state index contributed by atoms with van der Waals surface area (Å²) in [5.74, 6) is 0.850. The lowest BCUT2D eigenvalue weighted by molar-refractivity contribution is 0.414. The van der Waals surface area contributed by atoms with Crippen LogP contribution in [0.3, 0.4) is 0 Å². The van der Waals surface area contributed by atoms with Gasteiger partial charge in [-0.15, -0.1) is 0 Å². The van der Waals surface area contributed by atoms with Gasteiger partial charge in [-0.1, -0.05) is 35.3 Å². The lowest BCUT2D eigenvalue weighted by Gasteiger charge is -2.09. The predicted octanol–water partition coefficient (Wildman–Crippen LogP) is 4.61. The zero-order valence-electron chi connectivity index (χ0n) is 9.91. The highest BCUT2D eigenvalue weighted by Crippen LogP contribution is 2.25. The lowest BCUT2D eigenvalue weighted by Crippen LogP contribution is -1.99. The van der Waals surface area contributed by atoms with Gasteiger partial charge in [-0.3, -0.25) is 0 Å². The van der Waals surface area contributed by atoms with Gasteiger partial charge in [0, 0.05) is 11.6 Å². The Morgan fingerprint density at radius 2 is 1.78 bits per heavy atom. The molecule has 0 radical (unpaired) electrons. The van der Waals surface area contributed by atoms with Crippen molar-refractivity contribution in [3.63, 3.8) is 0 Å². The molecule has 0 unspecified atom stereocenters. The Morgan fingerprint density at radius 3 is 2.39 bits per heavy atom. The second-order valence-electron chi connectivity index (χ2n) is 3.83. The van der Waals surface area contributed by atoms with Crippen molar-refractivity contribution in [1.82, 2.24) is 0 Å². The van der Waals surface area contributed by atoms with Gasteiger partial charge in [-0.2, -0.15) is 0 Å². The first-order valence-corrected chi connectivity index (χ1v) is 6.26. The maximum Gasteiger partial charge on any atom is 0.118 e. The Kier molecular flexibility index (Phi) is 4.34. The van der Waals surface area contributed by atoms with Crippen LogP contribution < -0.4 is 10.1 Å². The third-order valence-corrected chi connectivity index (χ3v) is 3.12. The zero-order valence-corrected chi connectivity index (χ0v) is 11.4. The molecule has 0 heterocycles. The summed E-state index contributed by atoms with van der Waals surface area (Å²) in [6, 6.07) is 13.3. The maximum absolute atomic E-state index is 6.08. The maximum atomic E-state index is 6.08. The van der Waals surface area contributed by atoms with Crippen molar-refractivity contribution in [2.45, 2.75) is 6.54 Å². The van der Waals surface area contributed by atoms with E-state index >= 15 is 0 Å². The average molecular weight is 282 g/mol. The monoisotopic (exact) mass is 281 g/mol. The summed E-state index contributed by atoms with van der Waals surface area (Å²) in [5, 5.41) is 4.52. The number of hydrogen-bond donors (Lipinski definition) is 1. The minimum Gasteiger partial charge on any atom is -0.497 e. The van der Waals surface area contributed by atoms with Crippen LogP contribution in [-0.2, 0) is 6.54 Å². The number of ether oxygens (including phenoxy) is 1. The molecule has 0 aliphatic rings. The third-order valence-electron chi connectivity index (χ3n) is 2.57. The van der Waals surface area contributed by atoms with Gasteiger partial charge in [0.25, 0.3) is 0 Å². The van der Waals surface area contributed by atoms with E-state index in [-0.39, 0.29) is 0 Å². The van der Waals surface area contributed by atoms with Crippen LogP contribution in [0.1, 0.15) is 5.56 Å². The summed E-state index contributed by atoms with van der Waals surface area (Å²) in [5.41, 5.74) is 2.03. The molecular weight excluding hydrogens is 269 g/mol. The molecule has 2 aromatic carbocycles. The van der Waals surface area contributed by atoms with Crippen molar-refractivity contribution < 1.29 is 4.74 Å². The van der Waals surface area contributed by atoms with E-state index in [4.69, 9.17) is 27.9 Å². The second kappa shape index (κ2) is 5.98. The van der Waals surface area contributed by atoms with Gasteiger partial charge >= 0.3 is 0 Å². The summed E-state index contributed by atoms with van der Waals surface area (Å²) >= 11 is 11.9. The number of rotatable bonds is 4. The Labute approximate surface area is 116 Å². The van der Waals surface area contributed by atoms with Crippen LogP contribution in [0.25, 0.3) is 0 Å². The Hall–Kier alpha value is -1.38. The molecule has 1 N–H and O–H groups in total. The Balaban J connectivity index is 2.02. The van der Waals surface area contributed by atoms with E-state index in [9.17, 15) is 0 Å². The molecule has 18 heavy (non-hydrogen) atoms. The van der Waals surface area contributed by atoms with Crippen LogP contribution >= 0.6 is 23.2 Å². The lowest BCUT2D eigenvalue weighted by atomic mass is 10.2. The molecule has 0 saturated carbocycles. The summed E-state index contributed by atoms with van der Waals surface area (Å²) < 4.78 is 5.11. The smallest absolute Gasteiger partial charge is 0.118 e. The first-order chi connectivity index (χ1) is 8.69. The van der Waals surface area contributed by atoms with Crippen LogP contribution in [0.15, 0.2) is 42.5 Å². The minimum absolute atomic E-state index is 0.621. The van der Waals surface area contributed by atoms with E-state index < -0.39 is 0 Å². The number of nitrogens with one attached hydrogen (secondary N) is 1. The largest absolute Gasteiger partial charge is 0.497 e. The molecule has 0 aliphatic heterocycles. The van der Waals surface area contributed by atoms with Crippen molar-refractivity contribution in [2.75, 3.05) is 12.4 Å². The fourth-order valence-electron chi connectivity index (χ4n) is 1.57. The molecule has 0 amide bonds. The van der Waals surface area contributed by atoms with Crippen molar-refractivity contribution >= 4 is 28.9 Å². The molecule has 2 aromatic rings. The van der Waals surface area contributed by atoms with E-state index in [0.717, 1.165) is 17.0 Å². The molecule has 2 rings (SSSR count). The minimum atomic E-state index is 0.621. The molecule has 0 fully saturated rings. The van der Waals surface area contributed by atoms with Gasteiger partial charge in [0.15, 0.2) is 0 Å². The fraction of sp³-hybridized carbons (Fsp3) is 0.143. The quantitative estimate of drug-likeness (QED) is 0.883. The summed E-state index contributed by atoms with van der Waals surface area (Å²) in [6.45, 7) is 0.700. The van der Waals surface area contributed by atoms with E-state index in [0.29, 0.717) is 16.6 Å². The van der Waals surface area contributed by atoms with Crippen LogP contribution in [0.4, 0.5) is 5.69 Å². The second-order valence-corrected chi connectivity index (χ2v) is 4.67. The van der Waals surface area contributed by atoms with Gasteiger partial charge in [-0.05, 0) is 35.9 Å². The van der Waals surface area contributed by atoms with Crippen LogP contribution in [0.2, 0.25) is 10.0 Å². The highest BCUT2D eigenvalue weighted by molar-refractivity contribution is 6.36. The average Bonchev–Trinajstić information content (AvgIpc) is 2.38. The first-order valence-electron chi connectivity index (χ1n) is 5.51. The van der Waals surface area contributed by atoms with Gasteiger partial charge in [0.2, 0.25) is 0 Å². The van der Waals surface area contributed by atoms with E-state index in [1.807, 2.05) is 36.4 Å². The van der Waals surface area contributed by atoms with Gasteiger partial charge in [-0.25, -0.2) is 0 Å². The molecular formula is C14H13Cl2NO. The van der Waals surface area contributed by atoms with Crippen molar-refractivity contribution in [1.29, 1.82) is 0 Å². The highest BCUT2D eigenvalue weighted by atomic mass is 35.5. The van der Waals surface area contributed by atoms with Crippen LogP contribution in [0.5, 0.6) is 5.75 Å². The summed E-state index contributed by atoms with van der Waals surface area (Å²) in [7, 11) is 1.65. The Bertz CT molecular complexity index is 526. The molecule has 0 saturated heterocycles. The van der Waals surface area contributed by atoms with Gasteiger partial charge in [0.05, 0.1) is 17.8 Å². The van der Waals surface area contributed by atoms with Gasteiger partial charge in [0.1, 0.15) is 5.75 Å². The summed E-state index contributed by atoms with van der Waals surface area (Å²) in [6.07, 6.45) is 0. The zero-order chi connectivity index (χ0) is 13.0. The Morgan fingerprint density at radius 1 is 1.06 bits per heavy atom. The van der Waals surface area contributed by atoms with E-state index in [1.54, 1.807) is 13.2 Å². The van der Waals surface area contributed by atoms with Gasteiger partial charge < -0.3 is 10.1 Å². The number of hydrogen-bond acceptors (Lipinski definition) is 2. The molecule has 94 valence electrons. The highest BCUT2D eigenvalue weighted by Gasteiger charge is 2.01. The predicted molar refractivity (Wildman–Crippen MR) is 76.8 cm³/mol. The molecule has 0 spiro atoms. The molecule has 2 nitrogen and oxygen atoms in total. The topological polar surface area (TPSA) is 21.3 Å². The SMILES string of the molecule is COc1ccc(CNc2ccc(Cl)cc2Cl)cc1. The van der Waals surface area contributed by atoms with E-state index in [1.165, 1.54) is 0 Å². The van der Waals surface area contributed by atoms with Crippen LogP contribution in [0, 0.1) is 0 Å². The molecule has 0 bridgehead atoms. The standard InChI is InChI=1S/C14H13Cl2NO/c1-18-12-5-2-10(3-6-12)9-17-14-7-4-11(15)8-13(14)16/h2-8,17H,9H2,1H3. The summed E-state index contributed by atoms with van der Waals surface area (Å²) in [4.78, 5) is 0. The van der Waals surface area contributed by atoms with Crippen molar-refractivity contribution in [3.8, 4) is 5.75 Å². The normalized spacial score (nSPS) is 10.2. The third kappa shape index (κ3) is 3.31. The first kappa shape index (κ1) is 13.1. The van der Waals surface area contributed by atoms with E-state index in [2.05, 4.69) is 5.32 Å². The number of methoxy groups -OCH3 is 1. The molecule has 0 aromatic heterocycles. The molecule has 0 atom stereocenters. The number of benzene rings is 2. The van der Waals surface area contributed by atoms with Crippen molar-refractivity contribution in [2.24, 2.45) is 0 Å². The fourth-order valence-corrected chi connectivity index (χ4v) is 2.05. The van der Waals surface area contributed by atoms with Crippen LogP contribution in [-0.4, -0.2) is 7.11 Å². The van der Waals surface area contributed by atoms with Crippen molar-refractivity contribution in [3.05, 3.63) is 58.1 Å². The molecule has 0 aliphatic carbocycles.